The Morgan fingerprint density at radius 1 is 1.19 bits per heavy atom. The first kappa shape index (κ1) is 16.1. The SMILES string of the molecule is CC(C)C1CCC(N)C(Oc2ccccc2C(F)(F)F)C1. The lowest BCUT2D eigenvalue weighted by Gasteiger charge is -2.36. The molecule has 2 nitrogen and oxygen atoms in total. The molecule has 3 unspecified atom stereocenters. The van der Waals surface area contributed by atoms with Crippen molar-refractivity contribution in [1.82, 2.24) is 0 Å². The summed E-state index contributed by atoms with van der Waals surface area (Å²) in [7, 11) is 0. The van der Waals surface area contributed by atoms with Gasteiger partial charge in [-0.15, -0.1) is 0 Å². The maximum Gasteiger partial charge on any atom is 0.419 e. The van der Waals surface area contributed by atoms with Gasteiger partial charge in [0.2, 0.25) is 0 Å². The molecule has 1 aliphatic carbocycles. The third-order valence-electron chi connectivity index (χ3n) is 4.30. The van der Waals surface area contributed by atoms with E-state index in [1.165, 1.54) is 12.1 Å². The van der Waals surface area contributed by atoms with Crippen LogP contribution in [0.4, 0.5) is 13.2 Å². The molecule has 1 saturated carbocycles. The van der Waals surface area contributed by atoms with Crippen molar-refractivity contribution in [1.29, 1.82) is 0 Å². The normalized spacial score (nSPS) is 26.9. The largest absolute Gasteiger partial charge is 0.488 e. The minimum Gasteiger partial charge on any atom is -0.488 e. The van der Waals surface area contributed by atoms with Crippen molar-refractivity contribution in [3.8, 4) is 5.75 Å². The first-order valence-corrected chi connectivity index (χ1v) is 7.37. The highest BCUT2D eigenvalue weighted by atomic mass is 19.4. The Hall–Kier alpha value is -1.23. The number of para-hydroxylation sites is 1. The molecule has 0 heterocycles. The van der Waals surface area contributed by atoms with Gasteiger partial charge in [0.05, 0.1) is 5.56 Å². The average Bonchev–Trinajstić information content (AvgIpc) is 2.40. The predicted octanol–water partition coefficient (Wildman–Crippen LogP) is 4.24. The van der Waals surface area contributed by atoms with E-state index in [2.05, 4.69) is 13.8 Å². The molecule has 1 fully saturated rings. The number of nitrogens with two attached hydrogens (primary N) is 1. The molecule has 0 radical (unpaired) electrons. The summed E-state index contributed by atoms with van der Waals surface area (Å²) in [5.74, 6) is 0.823. The second kappa shape index (κ2) is 6.26. The van der Waals surface area contributed by atoms with Crippen LogP contribution < -0.4 is 10.5 Å². The van der Waals surface area contributed by atoms with Crippen molar-refractivity contribution in [3.63, 3.8) is 0 Å². The van der Waals surface area contributed by atoms with Gasteiger partial charge in [-0.05, 0) is 43.2 Å². The van der Waals surface area contributed by atoms with Crippen LogP contribution in [-0.4, -0.2) is 12.1 Å². The minimum atomic E-state index is -4.41. The molecule has 0 spiro atoms. The van der Waals surface area contributed by atoms with E-state index < -0.39 is 11.7 Å². The number of benzene rings is 1. The van der Waals surface area contributed by atoms with E-state index in [4.69, 9.17) is 10.5 Å². The zero-order valence-corrected chi connectivity index (χ0v) is 12.4. The molecule has 2 rings (SSSR count). The third kappa shape index (κ3) is 3.90. The molecule has 5 heteroatoms. The molecule has 0 bridgehead atoms. The van der Waals surface area contributed by atoms with Crippen LogP contribution in [-0.2, 0) is 6.18 Å². The van der Waals surface area contributed by atoms with Crippen LogP contribution in [0.15, 0.2) is 24.3 Å². The van der Waals surface area contributed by atoms with Gasteiger partial charge in [0.15, 0.2) is 0 Å². The summed E-state index contributed by atoms with van der Waals surface area (Å²) in [6, 6.07) is 5.13. The molecular formula is C16H22F3NO. The average molecular weight is 301 g/mol. The van der Waals surface area contributed by atoms with E-state index in [0.29, 0.717) is 18.3 Å². The molecule has 0 saturated heterocycles. The van der Waals surface area contributed by atoms with Crippen LogP contribution >= 0.6 is 0 Å². The monoisotopic (exact) mass is 301 g/mol. The van der Waals surface area contributed by atoms with Gasteiger partial charge < -0.3 is 10.5 Å². The molecule has 2 N–H and O–H groups in total. The molecule has 1 aromatic rings. The lowest BCUT2D eigenvalue weighted by molar-refractivity contribution is -0.139. The molecule has 118 valence electrons. The lowest BCUT2D eigenvalue weighted by atomic mass is 9.78. The molecule has 21 heavy (non-hydrogen) atoms. The summed E-state index contributed by atoms with van der Waals surface area (Å²) in [5.41, 5.74) is 5.31. The Kier molecular flexibility index (Phi) is 4.81. The Labute approximate surface area is 123 Å². The lowest BCUT2D eigenvalue weighted by Crippen LogP contribution is -2.45. The molecule has 3 atom stereocenters. The molecule has 0 aromatic heterocycles. The van der Waals surface area contributed by atoms with Crippen molar-refractivity contribution in [2.75, 3.05) is 0 Å². The predicted molar refractivity (Wildman–Crippen MR) is 76.0 cm³/mol. The summed E-state index contributed by atoms with van der Waals surface area (Å²) in [4.78, 5) is 0. The van der Waals surface area contributed by atoms with Crippen molar-refractivity contribution < 1.29 is 17.9 Å². The quantitative estimate of drug-likeness (QED) is 0.906. The van der Waals surface area contributed by atoms with Crippen molar-refractivity contribution >= 4 is 0 Å². The number of hydrogen-bond donors (Lipinski definition) is 1. The van der Waals surface area contributed by atoms with Gasteiger partial charge in [0.25, 0.3) is 0 Å². The molecule has 0 amide bonds. The molecule has 0 aliphatic heterocycles. The van der Waals surface area contributed by atoms with Crippen molar-refractivity contribution in [3.05, 3.63) is 29.8 Å². The van der Waals surface area contributed by atoms with Crippen LogP contribution in [0.2, 0.25) is 0 Å². The van der Waals surface area contributed by atoms with E-state index >= 15 is 0 Å². The van der Waals surface area contributed by atoms with Crippen LogP contribution in [0.3, 0.4) is 0 Å². The molecule has 1 aromatic carbocycles. The van der Waals surface area contributed by atoms with E-state index in [1.54, 1.807) is 6.07 Å². The highest BCUT2D eigenvalue weighted by Gasteiger charge is 2.36. The summed E-state index contributed by atoms with van der Waals surface area (Å²) in [6.45, 7) is 4.25. The van der Waals surface area contributed by atoms with Crippen LogP contribution in [0.5, 0.6) is 5.75 Å². The zero-order chi connectivity index (χ0) is 15.6. The number of ether oxygens (including phenoxy) is 1. The molecule has 1 aliphatic rings. The van der Waals surface area contributed by atoms with E-state index in [9.17, 15) is 13.2 Å². The standard InChI is InChI=1S/C16H22F3NO/c1-10(2)11-7-8-13(20)15(9-11)21-14-6-4-3-5-12(14)16(17,18)19/h3-6,10-11,13,15H,7-9,20H2,1-2H3. The van der Waals surface area contributed by atoms with Crippen molar-refractivity contribution in [2.45, 2.75) is 51.4 Å². The highest BCUT2D eigenvalue weighted by Crippen LogP contribution is 2.38. The van der Waals surface area contributed by atoms with E-state index in [-0.39, 0.29) is 17.9 Å². The first-order valence-electron chi connectivity index (χ1n) is 7.37. The third-order valence-corrected chi connectivity index (χ3v) is 4.30. The van der Waals surface area contributed by atoms with Gasteiger partial charge in [-0.3, -0.25) is 0 Å². The topological polar surface area (TPSA) is 35.2 Å². The number of halogens is 3. The van der Waals surface area contributed by atoms with Gasteiger partial charge >= 0.3 is 6.18 Å². The Morgan fingerprint density at radius 2 is 1.86 bits per heavy atom. The van der Waals surface area contributed by atoms with Crippen LogP contribution in [0.1, 0.15) is 38.7 Å². The zero-order valence-electron chi connectivity index (χ0n) is 12.4. The van der Waals surface area contributed by atoms with Gasteiger partial charge in [-0.2, -0.15) is 13.2 Å². The molecular weight excluding hydrogens is 279 g/mol. The Balaban J connectivity index is 2.17. The van der Waals surface area contributed by atoms with Crippen LogP contribution in [0, 0.1) is 11.8 Å². The maximum atomic E-state index is 13.0. The Morgan fingerprint density at radius 3 is 2.48 bits per heavy atom. The summed E-state index contributed by atoms with van der Waals surface area (Å²) >= 11 is 0. The smallest absolute Gasteiger partial charge is 0.419 e. The summed E-state index contributed by atoms with van der Waals surface area (Å²) in [6.07, 6.45) is -2.24. The van der Waals surface area contributed by atoms with Gasteiger partial charge in [-0.25, -0.2) is 0 Å². The minimum absolute atomic E-state index is 0.116. The summed E-state index contributed by atoms with van der Waals surface area (Å²) < 4.78 is 44.6. The van der Waals surface area contributed by atoms with Gasteiger partial charge in [0.1, 0.15) is 11.9 Å². The van der Waals surface area contributed by atoms with Gasteiger partial charge in [0, 0.05) is 6.04 Å². The number of hydrogen-bond acceptors (Lipinski definition) is 2. The Bertz CT molecular complexity index is 473. The van der Waals surface area contributed by atoms with Crippen molar-refractivity contribution in [2.24, 2.45) is 17.6 Å². The fourth-order valence-electron chi connectivity index (χ4n) is 2.89. The highest BCUT2D eigenvalue weighted by molar-refractivity contribution is 5.35. The van der Waals surface area contributed by atoms with E-state index in [1.807, 2.05) is 0 Å². The second-order valence-corrected chi connectivity index (χ2v) is 6.13. The van der Waals surface area contributed by atoms with Gasteiger partial charge in [-0.1, -0.05) is 26.0 Å². The number of rotatable bonds is 3. The maximum absolute atomic E-state index is 13.0. The van der Waals surface area contributed by atoms with E-state index in [0.717, 1.165) is 18.9 Å². The fraction of sp³-hybridized carbons (Fsp3) is 0.625. The fourth-order valence-corrected chi connectivity index (χ4v) is 2.89. The number of alkyl halides is 3. The van der Waals surface area contributed by atoms with Crippen LogP contribution in [0.25, 0.3) is 0 Å². The first-order chi connectivity index (χ1) is 9.79. The second-order valence-electron chi connectivity index (χ2n) is 6.13. The summed E-state index contributed by atoms with van der Waals surface area (Å²) in [5, 5.41) is 0.